The first-order valence-corrected chi connectivity index (χ1v) is 9.33. The van der Waals surface area contributed by atoms with Gasteiger partial charge < -0.3 is 9.16 Å². The molecule has 3 nitrogen and oxygen atoms in total. The molecule has 1 unspecified atom stereocenters. The predicted molar refractivity (Wildman–Crippen MR) is 79.6 cm³/mol. The molecule has 1 aromatic rings. The van der Waals surface area contributed by atoms with Crippen LogP contribution in [0.1, 0.15) is 32.4 Å². The van der Waals surface area contributed by atoms with E-state index in [9.17, 15) is 5.26 Å². The number of hydrogen-bond acceptors (Lipinski definition) is 3. The summed E-state index contributed by atoms with van der Waals surface area (Å²) in [6.45, 7) is 10.8. The van der Waals surface area contributed by atoms with Gasteiger partial charge in [0.25, 0.3) is 0 Å². The summed E-state index contributed by atoms with van der Waals surface area (Å²) in [5.74, 6) is 0.785. The molecular weight excluding hydrogens is 254 g/mol. The van der Waals surface area contributed by atoms with Crippen molar-refractivity contribution in [2.75, 3.05) is 7.11 Å². The van der Waals surface area contributed by atoms with E-state index < -0.39 is 14.4 Å². The molecule has 0 saturated heterocycles. The standard InChI is InChI=1S/C15H23NO2Si/c1-15(2,3)19(5,6)18-14(11-16)12-7-9-13(17-4)10-8-12/h7-10,14H,1-6H3. The predicted octanol–water partition coefficient (Wildman–Crippen LogP) is 4.28. The highest BCUT2D eigenvalue weighted by Crippen LogP contribution is 2.39. The van der Waals surface area contributed by atoms with Gasteiger partial charge in [0.15, 0.2) is 14.4 Å². The largest absolute Gasteiger partial charge is 0.497 e. The molecule has 1 rings (SSSR count). The van der Waals surface area contributed by atoms with Crippen LogP contribution in [0.3, 0.4) is 0 Å². The fourth-order valence-electron chi connectivity index (χ4n) is 1.42. The van der Waals surface area contributed by atoms with Gasteiger partial charge in [-0.05, 0) is 35.8 Å². The van der Waals surface area contributed by atoms with Crippen LogP contribution in [-0.2, 0) is 4.43 Å². The highest BCUT2D eigenvalue weighted by molar-refractivity contribution is 6.74. The van der Waals surface area contributed by atoms with Crippen molar-refractivity contribution >= 4 is 8.32 Å². The van der Waals surface area contributed by atoms with E-state index in [1.165, 1.54) is 0 Å². The van der Waals surface area contributed by atoms with Crippen molar-refractivity contribution in [1.29, 1.82) is 5.26 Å². The minimum absolute atomic E-state index is 0.0918. The molecule has 0 aliphatic rings. The van der Waals surface area contributed by atoms with Crippen LogP contribution in [0, 0.1) is 11.3 Å². The first-order valence-electron chi connectivity index (χ1n) is 6.42. The highest BCUT2D eigenvalue weighted by Gasteiger charge is 2.39. The van der Waals surface area contributed by atoms with E-state index in [-0.39, 0.29) is 5.04 Å². The van der Waals surface area contributed by atoms with Gasteiger partial charge in [-0.2, -0.15) is 5.26 Å². The Balaban J connectivity index is 2.93. The second-order valence-electron chi connectivity index (χ2n) is 6.16. The maximum absolute atomic E-state index is 9.35. The Kier molecular flexibility index (Phi) is 4.78. The Bertz CT molecular complexity index is 455. The van der Waals surface area contributed by atoms with Crippen LogP contribution in [0.2, 0.25) is 18.1 Å². The summed E-state index contributed by atoms with van der Waals surface area (Å²) < 4.78 is 11.3. The van der Waals surface area contributed by atoms with Gasteiger partial charge in [-0.15, -0.1) is 0 Å². The quantitative estimate of drug-likeness (QED) is 0.771. The molecule has 0 N–H and O–H groups in total. The molecule has 0 amide bonds. The van der Waals surface area contributed by atoms with Crippen LogP contribution < -0.4 is 4.74 Å². The van der Waals surface area contributed by atoms with Crippen LogP contribution >= 0.6 is 0 Å². The Morgan fingerprint density at radius 1 is 1.16 bits per heavy atom. The lowest BCUT2D eigenvalue weighted by Gasteiger charge is -2.37. The molecule has 0 bridgehead atoms. The molecule has 0 fully saturated rings. The summed E-state index contributed by atoms with van der Waals surface area (Å²) in [5.41, 5.74) is 0.883. The van der Waals surface area contributed by atoms with Gasteiger partial charge in [-0.1, -0.05) is 32.9 Å². The van der Waals surface area contributed by atoms with Gasteiger partial charge >= 0.3 is 0 Å². The van der Waals surface area contributed by atoms with Gasteiger partial charge in [0.1, 0.15) is 5.75 Å². The molecule has 1 atom stereocenters. The van der Waals surface area contributed by atoms with E-state index in [0.29, 0.717) is 0 Å². The molecular formula is C15H23NO2Si. The third-order valence-electron chi connectivity index (χ3n) is 3.75. The van der Waals surface area contributed by atoms with E-state index in [2.05, 4.69) is 39.9 Å². The summed E-state index contributed by atoms with van der Waals surface area (Å²) in [6, 6.07) is 9.74. The van der Waals surface area contributed by atoms with Gasteiger partial charge in [0, 0.05) is 0 Å². The zero-order valence-electron chi connectivity index (χ0n) is 12.7. The first-order chi connectivity index (χ1) is 8.71. The van der Waals surface area contributed by atoms with Crippen molar-refractivity contribution in [1.82, 2.24) is 0 Å². The Morgan fingerprint density at radius 2 is 1.68 bits per heavy atom. The number of benzene rings is 1. The maximum atomic E-state index is 9.35. The van der Waals surface area contributed by atoms with Crippen LogP contribution in [0.25, 0.3) is 0 Å². The van der Waals surface area contributed by atoms with Gasteiger partial charge in [0.2, 0.25) is 0 Å². The lowest BCUT2D eigenvalue weighted by atomic mass is 10.1. The molecule has 19 heavy (non-hydrogen) atoms. The second-order valence-corrected chi connectivity index (χ2v) is 10.9. The fourth-order valence-corrected chi connectivity index (χ4v) is 2.55. The zero-order chi connectivity index (χ0) is 14.7. The molecule has 0 aliphatic heterocycles. The Hall–Kier alpha value is -1.31. The number of nitrogens with zero attached hydrogens (tertiary/aromatic N) is 1. The summed E-state index contributed by atoms with van der Waals surface area (Å²) in [6.07, 6.45) is -0.508. The van der Waals surface area contributed by atoms with E-state index in [0.717, 1.165) is 11.3 Å². The fraction of sp³-hybridized carbons (Fsp3) is 0.533. The molecule has 104 valence electrons. The number of methoxy groups -OCH3 is 1. The zero-order valence-corrected chi connectivity index (χ0v) is 13.7. The number of ether oxygens (including phenoxy) is 1. The normalized spacial score (nSPS) is 13.7. The smallest absolute Gasteiger partial charge is 0.194 e. The van der Waals surface area contributed by atoms with E-state index in [1.54, 1.807) is 7.11 Å². The first kappa shape index (κ1) is 15.7. The van der Waals surface area contributed by atoms with Crippen molar-refractivity contribution < 1.29 is 9.16 Å². The number of nitriles is 1. The van der Waals surface area contributed by atoms with Gasteiger partial charge in [0.05, 0.1) is 13.2 Å². The van der Waals surface area contributed by atoms with Crippen LogP contribution in [0.4, 0.5) is 0 Å². The van der Waals surface area contributed by atoms with Crippen molar-refractivity contribution in [3.8, 4) is 11.8 Å². The average Bonchev–Trinajstić information content (AvgIpc) is 2.35. The SMILES string of the molecule is COc1ccc(C(C#N)O[Si](C)(C)C(C)(C)C)cc1. The molecule has 0 aromatic heterocycles. The lowest BCUT2D eigenvalue weighted by molar-refractivity contribution is 0.236. The number of rotatable bonds is 4. The molecule has 0 saturated carbocycles. The highest BCUT2D eigenvalue weighted by atomic mass is 28.4. The summed E-state index contributed by atoms with van der Waals surface area (Å²) >= 11 is 0. The van der Waals surface area contributed by atoms with Crippen molar-refractivity contribution in [3.63, 3.8) is 0 Å². The monoisotopic (exact) mass is 277 g/mol. The number of hydrogen-bond donors (Lipinski definition) is 0. The summed E-state index contributed by atoms with van der Waals surface area (Å²) in [5, 5.41) is 9.44. The topological polar surface area (TPSA) is 42.2 Å². The van der Waals surface area contributed by atoms with Crippen molar-refractivity contribution in [3.05, 3.63) is 29.8 Å². The lowest BCUT2D eigenvalue weighted by Crippen LogP contribution is -2.41. The van der Waals surface area contributed by atoms with Crippen molar-refractivity contribution in [2.24, 2.45) is 0 Å². The van der Waals surface area contributed by atoms with Crippen LogP contribution in [-0.4, -0.2) is 15.4 Å². The molecule has 1 aromatic carbocycles. The van der Waals surface area contributed by atoms with E-state index in [4.69, 9.17) is 9.16 Å². The maximum Gasteiger partial charge on any atom is 0.194 e. The molecule has 0 spiro atoms. The van der Waals surface area contributed by atoms with Crippen molar-refractivity contribution in [2.45, 2.75) is 45.0 Å². The van der Waals surface area contributed by atoms with Gasteiger partial charge in [-0.3, -0.25) is 0 Å². The average molecular weight is 277 g/mol. The van der Waals surface area contributed by atoms with Crippen LogP contribution in [0.5, 0.6) is 5.75 Å². The summed E-state index contributed by atoms with van der Waals surface area (Å²) in [4.78, 5) is 0. The molecule has 0 heterocycles. The Morgan fingerprint density at radius 3 is 2.05 bits per heavy atom. The second kappa shape index (κ2) is 5.77. The minimum atomic E-state index is -1.95. The minimum Gasteiger partial charge on any atom is -0.497 e. The Labute approximate surface area is 117 Å². The summed E-state index contributed by atoms with van der Waals surface area (Å²) in [7, 11) is -0.320. The molecule has 4 heteroatoms. The third kappa shape index (κ3) is 3.82. The molecule has 0 aliphatic carbocycles. The van der Waals surface area contributed by atoms with Gasteiger partial charge in [-0.25, -0.2) is 0 Å². The van der Waals surface area contributed by atoms with E-state index in [1.807, 2.05) is 24.3 Å². The molecule has 0 radical (unpaired) electrons. The van der Waals surface area contributed by atoms with E-state index >= 15 is 0 Å². The van der Waals surface area contributed by atoms with Crippen LogP contribution in [0.15, 0.2) is 24.3 Å². The third-order valence-corrected chi connectivity index (χ3v) is 8.19.